The highest BCUT2D eigenvalue weighted by atomic mass is 35.5. The van der Waals surface area contributed by atoms with Crippen molar-refractivity contribution in [2.45, 2.75) is 13.5 Å². The van der Waals surface area contributed by atoms with Crippen LogP contribution in [0.1, 0.15) is 18.1 Å². The topological polar surface area (TPSA) is 51.1 Å². The summed E-state index contributed by atoms with van der Waals surface area (Å²) in [6.45, 7) is 3.37. The molecule has 4 rings (SSSR count). The first-order valence-corrected chi connectivity index (χ1v) is 12.8. The van der Waals surface area contributed by atoms with Crippen LogP contribution in [0.5, 0.6) is 5.75 Å². The van der Waals surface area contributed by atoms with Crippen molar-refractivity contribution in [1.82, 2.24) is 4.90 Å². The van der Waals surface area contributed by atoms with Crippen molar-refractivity contribution in [3.8, 4) is 5.75 Å². The Hall–Kier alpha value is -2.84. The molecule has 0 aromatic heterocycles. The van der Waals surface area contributed by atoms with Crippen molar-refractivity contribution in [3.05, 3.63) is 98.6 Å². The molecule has 1 saturated heterocycles. The Balaban J connectivity index is 1.56. The zero-order valence-corrected chi connectivity index (χ0v) is 21.7. The molecular formula is C27H23Cl2FN2O3S. The molecule has 36 heavy (non-hydrogen) atoms. The van der Waals surface area contributed by atoms with Gasteiger partial charge >= 0.3 is 0 Å². The summed E-state index contributed by atoms with van der Waals surface area (Å²) in [5.41, 5.74) is 2.05. The van der Waals surface area contributed by atoms with E-state index in [1.54, 1.807) is 35.2 Å². The molecule has 3 aromatic rings. The van der Waals surface area contributed by atoms with Crippen LogP contribution in [0.2, 0.25) is 10.0 Å². The van der Waals surface area contributed by atoms with Crippen LogP contribution < -0.4 is 4.74 Å². The van der Waals surface area contributed by atoms with Crippen LogP contribution in [-0.4, -0.2) is 35.7 Å². The summed E-state index contributed by atoms with van der Waals surface area (Å²) in [6, 6.07) is 18.9. The standard InChI is InChI=1S/C27H23Cl2FN2O3S/c1-2-34-12-11-32-26(33)24(36-27(32)31-21-9-4-3-5-10-21)16-19-14-22(28)25(23(29)15-19)35-17-18-7-6-8-20(30)13-18/h3-10,13-16H,2,11-12,17H2,1H3/b24-16-,31-27?. The third-order valence-electron chi connectivity index (χ3n) is 5.12. The van der Waals surface area contributed by atoms with E-state index < -0.39 is 0 Å². The molecule has 9 heteroatoms. The Labute approximate surface area is 223 Å². The summed E-state index contributed by atoms with van der Waals surface area (Å²) in [4.78, 5) is 20.0. The number of ether oxygens (including phenoxy) is 2. The van der Waals surface area contributed by atoms with E-state index in [0.29, 0.717) is 46.7 Å². The fourth-order valence-electron chi connectivity index (χ4n) is 3.44. The summed E-state index contributed by atoms with van der Waals surface area (Å²) in [7, 11) is 0. The number of thioether (sulfide) groups is 1. The van der Waals surface area contributed by atoms with Crippen molar-refractivity contribution < 1.29 is 18.7 Å². The van der Waals surface area contributed by atoms with Crippen LogP contribution >= 0.6 is 35.0 Å². The summed E-state index contributed by atoms with van der Waals surface area (Å²) in [6.07, 6.45) is 1.72. The number of carbonyl (C=O) groups excluding carboxylic acids is 1. The van der Waals surface area contributed by atoms with Crippen molar-refractivity contribution in [2.75, 3.05) is 19.8 Å². The minimum atomic E-state index is -0.348. The van der Waals surface area contributed by atoms with Crippen LogP contribution in [0, 0.1) is 5.82 Å². The van der Waals surface area contributed by atoms with E-state index in [4.69, 9.17) is 32.7 Å². The predicted molar refractivity (Wildman–Crippen MR) is 145 cm³/mol. The zero-order valence-electron chi connectivity index (χ0n) is 19.4. The van der Waals surface area contributed by atoms with Crippen LogP contribution in [-0.2, 0) is 16.1 Å². The fraction of sp³-hybridized carbons (Fsp3) is 0.185. The predicted octanol–water partition coefficient (Wildman–Crippen LogP) is 7.35. The Morgan fingerprint density at radius 1 is 1.06 bits per heavy atom. The lowest BCUT2D eigenvalue weighted by Crippen LogP contribution is -2.32. The molecule has 0 spiro atoms. The van der Waals surface area contributed by atoms with Gasteiger partial charge in [-0.15, -0.1) is 0 Å². The monoisotopic (exact) mass is 544 g/mol. The van der Waals surface area contributed by atoms with E-state index in [2.05, 4.69) is 4.99 Å². The number of rotatable bonds is 9. The Bertz CT molecular complexity index is 1280. The van der Waals surface area contributed by atoms with Gasteiger partial charge in [-0.2, -0.15) is 0 Å². The van der Waals surface area contributed by atoms with Gasteiger partial charge in [-0.3, -0.25) is 9.69 Å². The maximum absolute atomic E-state index is 13.4. The molecule has 1 amide bonds. The van der Waals surface area contributed by atoms with Gasteiger partial charge in [-0.1, -0.05) is 53.5 Å². The molecule has 186 valence electrons. The zero-order chi connectivity index (χ0) is 25.5. The number of amidine groups is 1. The number of hydrogen-bond donors (Lipinski definition) is 0. The number of benzene rings is 3. The second-order valence-electron chi connectivity index (χ2n) is 7.73. The minimum absolute atomic E-state index is 0.111. The highest BCUT2D eigenvalue weighted by Gasteiger charge is 2.33. The molecule has 0 N–H and O–H groups in total. The molecule has 5 nitrogen and oxygen atoms in total. The second-order valence-corrected chi connectivity index (χ2v) is 9.55. The van der Waals surface area contributed by atoms with Crippen molar-refractivity contribution in [1.29, 1.82) is 0 Å². The van der Waals surface area contributed by atoms with Crippen LogP contribution in [0.3, 0.4) is 0 Å². The van der Waals surface area contributed by atoms with Gasteiger partial charge < -0.3 is 9.47 Å². The molecule has 1 aliphatic rings. The second kappa shape index (κ2) is 12.4. The quantitative estimate of drug-likeness (QED) is 0.208. The van der Waals surface area contributed by atoms with Gasteiger partial charge in [-0.25, -0.2) is 9.38 Å². The Morgan fingerprint density at radius 2 is 1.81 bits per heavy atom. The van der Waals surface area contributed by atoms with Crippen molar-refractivity contribution in [3.63, 3.8) is 0 Å². The number of aliphatic imine (C=N–C) groups is 1. The van der Waals surface area contributed by atoms with E-state index in [-0.39, 0.29) is 28.4 Å². The van der Waals surface area contributed by atoms with E-state index >= 15 is 0 Å². The fourth-order valence-corrected chi connectivity index (χ4v) is 5.07. The SMILES string of the molecule is CCOCCN1C(=O)/C(=C/c2cc(Cl)c(OCc3cccc(F)c3)c(Cl)c2)SC1=Nc1ccccc1. The summed E-state index contributed by atoms with van der Waals surface area (Å²) in [5.74, 6) is -0.229. The first-order chi connectivity index (χ1) is 17.4. The average molecular weight is 545 g/mol. The van der Waals surface area contributed by atoms with E-state index in [1.807, 2.05) is 37.3 Å². The van der Waals surface area contributed by atoms with Crippen LogP contribution in [0.25, 0.3) is 6.08 Å². The molecule has 0 saturated carbocycles. The molecule has 0 radical (unpaired) electrons. The number of halogens is 3. The number of nitrogens with zero attached hydrogens (tertiary/aromatic N) is 2. The molecular weight excluding hydrogens is 522 g/mol. The van der Waals surface area contributed by atoms with Crippen molar-refractivity contribution >= 4 is 57.8 Å². The first kappa shape index (κ1) is 26.2. The summed E-state index contributed by atoms with van der Waals surface area (Å²) in [5, 5.41) is 1.14. The highest BCUT2D eigenvalue weighted by molar-refractivity contribution is 8.18. The Morgan fingerprint density at radius 3 is 2.50 bits per heavy atom. The smallest absolute Gasteiger partial charge is 0.266 e. The molecule has 1 aliphatic heterocycles. The van der Waals surface area contributed by atoms with Gasteiger partial charge in [0.15, 0.2) is 10.9 Å². The number of hydrogen-bond acceptors (Lipinski definition) is 5. The lowest BCUT2D eigenvalue weighted by atomic mass is 10.2. The molecule has 0 atom stereocenters. The van der Waals surface area contributed by atoms with E-state index in [1.165, 1.54) is 23.9 Å². The van der Waals surface area contributed by atoms with Gasteiger partial charge in [0, 0.05) is 6.61 Å². The largest absolute Gasteiger partial charge is 0.486 e. The maximum atomic E-state index is 13.4. The number of amides is 1. The summed E-state index contributed by atoms with van der Waals surface area (Å²) >= 11 is 14.2. The molecule has 0 unspecified atom stereocenters. The maximum Gasteiger partial charge on any atom is 0.266 e. The molecule has 0 bridgehead atoms. The lowest BCUT2D eigenvalue weighted by Gasteiger charge is -2.15. The molecule has 1 fully saturated rings. The van der Waals surface area contributed by atoms with Gasteiger partial charge in [0.25, 0.3) is 5.91 Å². The van der Waals surface area contributed by atoms with Gasteiger partial charge in [0.2, 0.25) is 0 Å². The lowest BCUT2D eigenvalue weighted by molar-refractivity contribution is -0.122. The normalized spacial score (nSPS) is 15.8. The first-order valence-electron chi connectivity index (χ1n) is 11.2. The molecule has 3 aromatic carbocycles. The van der Waals surface area contributed by atoms with Gasteiger partial charge in [-0.05, 0) is 72.3 Å². The van der Waals surface area contributed by atoms with E-state index in [9.17, 15) is 9.18 Å². The van der Waals surface area contributed by atoms with E-state index in [0.717, 1.165) is 5.69 Å². The van der Waals surface area contributed by atoms with Crippen molar-refractivity contribution in [2.24, 2.45) is 4.99 Å². The van der Waals surface area contributed by atoms with Crippen LogP contribution in [0.4, 0.5) is 10.1 Å². The van der Waals surface area contributed by atoms with Gasteiger partial charge in [0.1, 0.15) is 12.4 Å². The molecule has 0 aliphatic carbocycles. The number of para-hydroxylation sites is 1. The third kappa shape index (κ3) is 6.68. The third-order valence-corrected chi connectivity index (χ3v) is 6.69. The summed E-state index contributed by atoms with van der Waals surface area (Å²) < 4.78 is 24.6. The highest BCUT2D eigenvalue weighted by Crippen LogP contribution is 2.38. The number of carbonyl (C=O) groups is 1. The van der Waals surface area contributed by atoms with Crippen LogP contribution in [0.15, 0.2) is 76.6 Å². The van der Waals surface area contributed by atoms with Gasteiger partial charge in [0.05, 0.1) is 33.8 Å². The molecule has 1 heterocycles. The average Bonchev–Trinajstić information content (AvgIpc) is 3.13. The minimum Gasteiger partial charge on any atom is -0.486 e. The Kier molecular flexibility index (Phi) is 9.04.